The van der Waals surface area contributed by atoms with Gasteiger partial charge in [0.05, 0.1) is 18.2 Å². The number of methoxy groups -OCH3 is 1. The summed E-state index contributed by atoms with van der Waals surface area (Å²) in [5.74, 6) is -1.07. The lowest BCUT2D eigenvalue weighted by atomic mass is 9.93. The number of hydrogen-bond acceptors (Lipinski definition) is 4. The normalized spacial score (nSPS) is 18.7. The second-order valence-electron chi connectivity index (χ2n) is 7.67. The molecule has 0 aliphatic carbocycles. The van der Waals surface area contributed by atoms with E-state index in [0.717, 1.165) is 11.1 Å². The Morgan fingerprint density at radius 3 is 2.24 bits per heavy atom. The molecule has 0 saturated carbocycles. The number of hydrogen-bond donors (Lipinski definition) is 1. The zero-order valence-corrected chi connectivity index (χ0v) is 17.3. The highest BCUT2D eigenvalue weighted by atomic mass is 16.5. The maximum absolute atomic E-state index is 12.9. The summed E-state index contributed by atoms with van der Waals surface area (Å²) in [6.07, 6.45) is 0. The molecule has 5 nitrogen and oxygen atoms in total. The lowest BCUT2D eigenvalue weighted by Crippen LogP contribution is -2.32. The van der Waals surface area contributed by atoms with E-state index in [9.17, 15) is 14.7 Å². The molecule has 1 aliphatic heterocycles. The third-order valence-electron chi connectivity index (χ3n) is 5.32. The molecule has 1 heterocycles. The average molecular weight is 393 g/mol. The van der Waals surface area contributed by atoms with Gasteiger partial charge in [0.15, 0.2) is 0 Å². The predicted octanol–water partition coefficient (Wildman–Crippen LogP) is 4.19. The Morgan fingerprint density at radius 2 is 1.69 bits per heavy atom. The van der Waals surface area contributed by atoms with Gasteiger partial charge in [0.1, 0.15) is 5.76 Å². The Balaban J connectivity index is 2.13. The Bertz CT molecular complexity index is 926. The Morgan fingerprint density at radius 1 is 1.07 bits per heavy atom. The zero-order chi connectivity index (χ0) is 21.1. The molecular weight excluding hydrogens is 366 g/mol. The molecule has 1 aliphatic rings. The van der Waals surface area contributed by atoms with E-state index in [2.05, 4.69) is 13.8 Å². The van der Waals surface area contributed by atoms with Crippen LogP contribution in [0, 0.1) is 6.92 Å². The van der Waals surface area contributed by atoms with Gasteiger partial charge in [0.2, 0.25) is 0 Å². The molecule has 152 valence electrons. The van der Waals surface area contributed by atoms with Crippen molar-refractivity contribution >= 4 is 17.4 Å². The second-order valence-corrected chi connectivity index (χ2v) is 7.67. The first kappa shape index (κ1) is 20.8. The molecule has 1 saturated heterocycles. The number of nitrogens with zero attached hydrogens (tertiary/aromatic N) is 1. The van der Waals surface area contributed by atoms with E-state index in [-0.39, 0.29) is 17.9 Å². The summed E-state index contributed by atoms with van der Waals surface area (Å²) in [5, 5.41) is 11.0. The number of carbonyl (C=O) groups is 2. The number of ketones is 1. The molecule has 29 heavy (non-hydrogen) atoms. The molecule has 3 rings (SSSR count). The van der Waals surface area contributed by atoms with Crippen molar-refractivity contribution in [2.75, 3.05) is 20.3 Å². The summed E-state index contributed by atoms with van der Waals surface area (Å²) >= 11 is 0. The number of aliphatic hydroxyl groups is 1. The van der Waals surface area contributed by atoms with Crippen LogP contribution in [0.3, 0.4) is 0 Å². The number of aliphatic hydroxyl groups excluding tert-OH is 1. The first-order valence-corrected chi connectivity index (χ1v) is 9.79. The van der Waals surface area contributed by atoms with Crippen LogP contribution in [-0.4, -0.2) is 42.0 Å². The van der Waals surface area contributed by atoms with Gasteiger partial charge in [-0.2, -0.15) is 0 Å². The van der Waals surface area contributed by atoms with Crippen LogP contribution in [0.25, 0.3) is 5.76 Å². The van der Waals surface area contributed by atoms with Gasteiger partial charge < -0.3 is 14.7 Å². The van der Waals surface area contributed by atoms with Crippen LogP contribution in [-0.2, 0) is 14.3 Å². The van der Waals surface area contributed by atoms with E-state index < -0.39 is 17.7 Å². The zero-order valence-electron chi connectivity index (χ0n) is 17.3. The fourth-order valence-electron chi connectivity index (χ4n) is 3.58. The van der Waals surface area contributed by atoms with Crippen molar-refractivity contribution in [2.45, 2.75) is 32.7 Å². The number of ether oxygens (including phenoxy) is 1. The van der Waals surface area contributed by atoms with Crippen LogP contribution in [0.1, 0.15) is 48.1 Å². The lowest BCUT2D eigenvalue weighted by molar-refractivity contribution is -0.140. The third-order valence-corrected chi connectivity index (χ3v) is 5.32. The van der Waals surface area contributed by atoms with Crippen LogP contribution in [0.4, 0.5) is 0 Å². The van der Waals surface area contributed by atoms with E-state index >= 15 is 0 Å². The second kappa shape index (κ2) is 8.62. The van der Waals surface area contributed by atoms with Gasteiger partial charge in [0, 0.05) is 19.2 Å². The van der Waals surface area contributed by atoms with Crippen molar-refractivity contribution < 1.29 is 19.4 Å². The van der Waals surface area contributed by atoms with Crippen LogP contribution in [0.5, 0.6) is 0 Å². The Labute approximate surface area is 171 Å². The van der Waals surface area contributed by atoms with Gasteiger partial charge in [0.25, 0.3) is 11.7 Å². The molecule has 0 unspecified atom stereocenters. The molecule has 1 amide bonds. The summed E-state index contributed by atoms with van der Waals surface area (Å²) in [5.41, 5.74) is 3.64. The monoisotopic (exact) mass is 393 g/mol. The van der Waals surface area contributed by atoms with Gasteiger partial charge in [-0.25, -0.2) is 0 Å². The van der Waals surface area contributed by atoms with E-state index in [0.29, 0.717) is 18.1 Å². The molecule has 2 aromatic carbocycles. The van der Waals surface area contributed by atoms with Crippen molar-refractivity contribution in [1.82, 2.24) is 4.90 Å². The summed E-state index contributed by atoms with van der Waals surface area (Å²) in [6.45, 7) is 6.73. The summed E-state index contributed by atoms with van der Waals surface area (Å²) in [6, 6.07) is 14.4. The minimum atomic E-state index is -0.669. The van der Waals surface area contributed by atoms with E-state index in [1.807, 2.05) is 43.3 Å². The number of amides is 1. The largest absolute Gasteiger partial charge is 0.507 e. The lowest BCUT2D eigenvalue weighted by Gasteiger charge is -2.25. The topological polar surface area (TPSA) is 66.8 Å². The molecule has 0 aromatic heterocycles. The van der Waals surface area contributed by atoms with E-state index in [4.69, 9.17) is 4.74 Å². The van der Waals surface area contributed by atoms with Crippen LogP contribution in [0.15, 0.2) is 54.1 Å². The highest BCUT2D eigenvalue weighted by Crippen LogP contribution is 2.39. The van der Waals surface area contributed by atoms with Gasteiger partial charge in [-0.05, 0) is 24.0 Å². The molecule has 1 N–H and O–H groups in total. The first-order chi connectivity index (χ1) is 13.8. The van der Waals surface area contributed by atoms with Crippen LogP contribution in [0.2, 0.25) is 0 Å². The first-order valence-electron chi connectivity index (χ1n) is 9.79. The molecule has 1 fully saturated rings. The smallest absolute Gasteiger partial charge is 0.295 e. The minimum Gasteiger partial charge on any atom is -0.507 e. The van der Waals surface area contributed by atoms with Crippen LogP contribution < -0.4 is 0 Å². The standard InChI is InChI=1S/C24H27NO4/c1-15(2)17-9-11-18(12-10-17)21-20(22(26)19-7-5-16(3)6-8-19)23(27)24(28)25(21)13-14-29-4/h5-12,15,21,26H,13-14H2,1-4H3/b22-20+/t21-/m0/s1. The summed E-state index contributed by atoms with van der Waals surface area (Å²) in [4.78, 5) is 27.1. The maximum Gasteiger partial charge on any atom is 0.295 e. The van der Waals surface area contributed by atoms with Crippen molar-refractivity contribution in [3.05, 3.63) is 76.4 Å². The number of aryl methyl sites for hydroxylation is 1. The van der Waals surface area contributed by atoms with Gasteiger partial charge in [-0.3, -0.25) is 9.59 Å². The van der Waals surface area contributed by atoms with Gasteiger partial charge in [-0.15, -0.1) is 0 Å². The quantitative estimate of drug-likeness (QED) is 0.454. The Kier molecular flexibility index (Phi) is 6.18. The molecule has 0 spiro atoms. The van der Waals surface area contributed by atoms with Crippen molar-refractivity contribution in [1.29, 1.82) is 0 Å². The number of benzene rings is 2. The maximum atomic E-state index is 12.9. The highest BCUT2D eigenvalue weighted by molar-refractivity contribution is 6.46. The van der Waals surface area contributed by atoms with Gasteiger partial charge in [-0.1, -0.05) is 67.9 Å². The van der Waals surface area contributed by atoms with Crippen molar-refractivity contribution in [3.63, 3.8) is 0 Å². The predicted molar refractivity (Wildman–Crippen MR) is 113 cm³/mol. The molecule has 1 atom stereocenters. The molecular formula is C24H27NO4. The SMILES string of the molecule is COCCN1C(=O)C(=O)/C(=C(/O)c2ccc(C)cc2)[C@@H]1c1ccc(C(C)C)cc1. The number of likely N-dealkylation sites (tertiary alicyclic amines) is 1. The summed E-state index contributed by atoms with van der Waals surface area (Å²) < 4.78 is 5.13. The highest BCUT2D eigenvalue weighted by Gasteiger charge is 2.45. The van der Waals surface area contributed by atoms with E-state index in [1.165, 1.54) is 10.5 Å². The molecule has 0 bridgehead atoms. The van der Waals surface area contributed by atoms with Crippen LogP contribution >= 0.6 is 0 Å². The number of rotatable bonds is 6. The minimum absolute atomic E-state index is 0.118. The van der Waals surface area contributed by atoms with Gasteiger partial charge >= 0.3 is 0 Å². The molecule has 5 heteroatoms. The molecule has 0 radical (unpaired) electrons. The summed E-state index contributed by atoms with van der Waals surface area (Å²) in [7, 11) is 1.55. The van der Waals surface area contributed by atoms with Crippen molar-refractivity contribution in [2.24, 2.45) is 0 Å². The number of Topliss-reactive ketones (excluding diaryl/α,β-unsaturated/α-hetero) is 1. The number of carbonyl (C=O) groups excluding carboxylic acids is 2. The van der Waals surface area contributed by atoms with E-state index in [1.54, 1.807) is 19.2 Å². The molecule has 2 aromatic rings. The third kappa shape index (κ3) is 4.10. The fraction of sp³-hybridized carbons (Fsp3) is 0.333. The fourth-order valence-corrected chi connectivity index (χ4v) is 3.58. The average Bonchev–Trinajstić information content (AvgIpc) is 2.97. The Hall–Kier alpha value is -2.92. The van der Waals surface area contributed by atoms with Crippen molar-refractivity contribution in [3.8, 4) is 0 Å².